The summed E-state index contributed by atoms with van der Waals surface area (Å²) < 4.78 is 16.8. The number of ether oxygens (including phenoxy) is 3. The monoisotopic (exact) mass is 835 g/mol. The topological polar surface area (TPSA) is 78.9 Å². The lowest BCUT2D eigenvalue weighted by Gasteiger charge is -2.18. The molecule has 0 radical (unpaired) electrons. The summed E-state index contributed by atoms with van der Waals surface area (Å²) in [6.45, 7) is 11.3. The van der Waals surface area contributed by atoms with Crippen LogP contribution < -0.4 is 0 Å². The Bertz CT molecular complexity index is 900. The van der Waals surface area contributed by atoms with Gasteiger partial charge in [0.1, 0.15) is 13.2 Å². The van der Waals surface area contributed by atoms with E-state index in [0.717, 1.165) is 69.6 Å². The van der Waals surface area contributed by atoms with Gasteiger partial charge in [0, 0.05) is 19.3 Å². The van der Waals surface area contributed by atoms with Crippen LogP contribution in [0.15, 0.2) is 0 Å². The van der Waals surface area contributed by atoms with Gasteiger partial charge in [0.2, 0.25) is 0 Å². The normalized spacial score (nSPS) is 12.1. The van der Waals surface area contributed by atoms with E-state index in [1.165, 1.54) is 180 Å². The van der Waals surface area contributed by atoms with Crippen molar-refractivity contribution in [2.45, 2.75) is 298 Å². The molecule has 0 saturated carbocycles. The van der Waals surface area contributed by atoms with Gasteiger partial charge in [-0.2, -0.15) is 0 Å². The third kappa shape index (κ3) is 47.3. The Morgan fingerprint density at radius 3 is 0.831 bits per heavy atom. The maximum atomic E-state index is 12.8. The molecule has 0 bridgehead atoms. The zero-order valence-corrected chi connectivity index (χ0v) is 40.4. The number of unbranched alkanes of at least 4 members (excludes halogenated alkanes) is 32. The van der Waals surface area contributed by atoms with Crippen LogP contribution in [0.1, 0.15) is 291 Å². The van der Waals surface area contributed by atoms with Gasteiger partial charge in [-0.05, 0) is 31.1 Å². The van der Waals surface area contributed by atoms with Gasteiger partial charge in [-0.1, -0.05) is 253 Å². The van der Waals surface area contributed by atoms with Crippen molar-refractivity contribution in [3.8, 4) is 0 Å². The van der Waals surface area contributed by atoms with Crippen LogP contribution in [-0.2, 0) is 28.6 Å². The van der Waals surface area contributed by atoms with Crippen molar-refractivity contribution < 1.29 is 28.6 Å². The molecule has 6 nitrogen and oxygen atoms in total. The number of esters is 3. The van der Waals surface area contributed by atoms with Gasteiger partial charge in [0.05, 0.1) is 0 Å². The molecule has 0 heterocycles. The van der Waals surface area contributed by atoms with Gasteiger partial charge in [-0.3, -0.25) is 14.4 Å². The second kappa shape index (κ2) is 45.9. The number of hydrogen-bond acceptors (Lipinski definition) is 6. The van der Waals surface area contributed by atoms with Gasteiger partial charge >= 0.3 is 17.9 Å². The summed E-state index contributed by atoms with van der Waals surface area (Å²) in [5, 5.41) is 0. The number of carbonyl (C=O) groups is 3. The first-order valence-corrected chi connectivity index (χ1v) is 26.2. The Kier molecular flexibility index (Phi) is 44.7. The number of hydrogen-bond donors (Lipinski definition) is 0. The molecule has 59 heavy (non-hydrogen) atoms. The molecular formula is C53H102O6. The van der Waals surface area contributed by atoms with E-state index >= 15 is 0 Å². The minimum atomic E-state index is -0.762. The van der Waals surface area contributed by atoms with E-state index in [4.69, 9.17) is 14.2 Å². The summed E-state index contributed by atoms with van der Waals surface area (Å²) in [6.07, 6.45) is 46.7. The summed E-state index contributed by atoms with van der Waals surface area (Å²) in [5.74, 6) is 0.761. The van der Waals surface area contributed by atoms with E-state index in [2.05, 4.69) is 34.6 Å². The lowest BCUT2D eigenvalue weighted by Crippen LogP contribution is -2.30. The first-order valence-electron chi connectivity index (χ1n) is 26.2. The molecule has 0 saturated heterocycles. The van der Waals surface area contributed by atoms with Crippen molar-refractivity contribution in [3.63, 3.8) is 0 Å². The molecule has 0 aromatic rings. The molecular weight excluding hydrogens is 733 g/mol. The third-order valence-electron chi connectivity index (χ3n) is 12.0. The van der Waals surface area contributed by atoms with Gasteiger partial charge in [0.25, 0.3) is 0 Å². The van der Waals surface area contributed by atoms with E-state index in [1.807, 2.05) is 0 Å². The lowest BCUT2D eigenvalue weighted by atomic mass is 10.0. The first-order chi connectivity index (χ1) is 28.7. The summed E-state index contributed by atoms with van der Waals surface area (Å²) in [5.41, 5.74) is 0. The fourth-order valence-electron chi connectivity index (χ4n) is 7.99. The number of rotatable bonds is 47. The van der Waals surface area contributed by atoms with Crippen LogP contribution in [0.4, 0.5) is 0 Å². The second-order valence-corrected chi connectivity index (χ2v) is 19.1. The Hall–Kier alpha value is -1.59. The van der Waals surface area contributed by atoms with Gasteiger partial charge < -0.3 is 14.2 Å². The summed E-state index contributed by atoms with van der Waals surface area (Å²) >= 11 is 0. The Balaban J connectivity index is 4.24. The quantitative estimate of drug-likeness (QED) is 0.0345. The van der Waals surface area contributed by atoms with E-state index in [-0.39, 0.29) is 31.1 Å². The Morgan fingerprint density at radius 1 is 0.322 bits per heavy atom. The molecule has 6 heteroatoms. The van der Waals surface area contributed by atoms with Crippen LogP contribution in [0, 0.1) is 11.8 Å². The van der Waals surface area contributed by atoms with Crippen molar-refractivity contribution in [1.82, 2.24) is 0 Å². The SMILES string of the molecule is CCCCCCCCCCCCCCCCC(=O)O[C@@H](COC(=O)CCCCCCCCCCCCCCCCCC(C)C)COC(=O)CCCCCCCCC(C)C. The smallest absolute Gasteiger partial charge is 0.306 e. The van der Waals surface area contributed by atoms with Crippen molar-refractivity contribution in [2.24, 2.45) is 11.8 Å². The second-order valence-electron chi connectivity index (χ2n) is 19.1. The van der Waals surface area contributed by atoms with Crippen molar-refractivity contribution in [3.05, 3.63) is 0 Å². The summed E-state index contributed by atoms with van der Waals surface area (Å²) in [7, 11) is 0. The maximum absolute atomic E-state index is 12.8. The zero-order valence-electron chi connectivity index (χ0n) is 40.4. The van der Waals surface area contributed by atoms with Crippen LogP contribution in [0.2, 0.25) is 0 Å². The standard InChI is InChI=1S/C53H102O6/c1-6-7-8-9-10-11-12-13-18-22-25-28-35-40-45-53(56)59-50(47-58-52(55)44-39-34-30-29-32-37-42-49(4)5)46-57-51(54)43-38-33-27-24-21-19-16-14-15-17-20-23-26-31-36-41-48(2)3/h48-50H,6-47H2,1-5H3/t50-/m0/s1. The Morgan fingerprint density at radius 2 is 0.559 bits per heavy atom. The number of carbonyl (C=O) groups excluding carboxylic acids is 3. The highest BCUT2D eigenvalue weighted by Crippen LogP contribution is 2.17. The molecule has 0 amide bonds. The summed E-state index contributed by atoms with van der Waals surface area (Å²) in [4.78, 5) is 37.9. The van der Waals surface area contributed by atoms with E-state index in [9.17, 15) is 14.4 Å². The highest BCUT2D eigenvalue weighted by Gasteiger charge is 2.19. The first kappa shape index (κ1) is 57.4. The van der Waals surface area contributed by atoms with E-state index in [1.54, 1.807) is 0 Å². The van der Waals surface area contributed by atoms with Crippen LogP contribution >= 0.6 is 0 Å². The third-order valence-corrected chi connectivity index (χ3v) is 12.0. The zero-order chi connectivity index (χ0) is 43.3. The molecule has 0 aromatic heterocycles. The van der Waals surface area contributed by atoms with E-state index < -0.39 is 6.10 Å². The molecule has 0 rings (SSSR count). The maximum Gasteiger partial charge on any atom is 0.306 e. The fourth-order valence-corrected chi connectivity index (χ4v) is 7.99. The van der Waals surface area contributed by atoms with Gasteiger partial charge in [-0.15, -0.1) is 0 Å². The molecule has 0 N–H and O–H groups in total. The Labute approximate surface area is 368 Å². The minimum Gasteiger partial charge on any atom is -0.462 e. The van der Waals surface area contributed by atoms with Gasteiger partial charge in [0.15, 0.2) is 6.10 Å². The average Bonchev–Trinajstić information content (AvgIpc) is 3.20. The molecule has 1 atom stereocenters. The van der Waals surface area contributed by atoms with Gasteiger partial charge in [-0.25, -0.2) is 0 Å². The molecule has 0 spiro atoms. The van der Waals surface area contributed by atoms with Crippen molar-refractivity contribution in [1.29, 1.82) is 0 Å². The van der Waals surface area contributed by atoms with Crippen LogP contribution in [0.3, 0.4) is 0 Å². The molecule has 0 unspecified atom stereocenters. The average molecular weight is 835 g/mol. The highest BCUT2D eigenvalue weighted by atomic mass is 16.6. The minimum absolute atomic E-state index is 0.0642. The predicted octanol–water partition coefficient (Wildman–Crippen LogP) is 16.9. The predicted molar refractivity (Wildman–Crippen MR) is 252 cm³/mol. The lowest BCUT2D eigenvalue weighted by molar-refractivity contribution is -0.167. The van der Waals surface area contributed by atoms with Crippen LogP contribution in [-0.4, -0.2) is 37.2 Å². The van der Waals surface area contributed by atoms with E-state index in [0.29, 0.717) is 19.3 Å². The molecule has 0 aliphatic rings. The molecule has 0 aliphatic heterocycles. The largest absolute Gasteiger partial charge is 0.462 e. The fraction of sp³-hybridized carbons (Fsp3) is 0.943. The van der Waals surface area contributed by atoms with Crippen molar-refractivity contribution >= 4 is 17.9 Å². The van der Waals surface area contributed by atoms with Crippen molar-refractivity contribution in [2.75, 3.05) is 13.2 Å². The molecule has 0 aromatic carbocycles. The summed E-state index contributed by atoms with van der Waals surface area (Å²) in [6, 6.07) is 0. The van der Waals surface area contributed by atoms with Crippen LogP contribution in [0.25, 0.3) is 0 Å². The van der Waals surface area contributed by atoms with Crippen LogP contribution in [0.5, 0.6) is 0 Å². The highest BCUT2D eigenvalue weighted by molar-refractivity contribution is 5.71. The molecule has 350 valence electrons. The molecule has 0 fully saturated rings. The molecule has 0 aliphatic carbocycles.